The number of hydrogen-bond donors (Lipinski definition) is 1. The lowest BCUT2D eigenvalue weighted by Crippen LogP contribution is -2.24. The van der Waals surface area contributed by atoms with Gasteiger partial charge in [0.25, 0.3) is 5.92 Å². The second-order valence-corrected chi connectivity index (χ2v) is 3.05. The van der Waals surface area contributed by atoms with Gasteiger partial charge >= 0.3 is 6.18 Å². The van der Waals surface area contributed by atoms with Crippen molar-refractivity contribution in [2.45, 2.75) is 12.1 Å². The Kier molecular flexibility index (Phi) is 3.18. The van der Waals surface area contributed by atoms with Gasteiger partial charge in [-0.05, 0) is 18.2 Å². The van der Waals surface area contributed by atoms with E-state index in [-0.39, 0.29) is 12.1 Å². The van der Waals surface area contributed by atoms with Crippen LogP contribution in [0.1, 0.15) is 11.1 Å². The summed E-state index contributed by atoms with van der Waals surface area (Å²) in [5, 5.41) is 8.29. The third-order valence-corrected chi connectivity index (χ3v) is 1.88. The van der Waals surface area contributed by atoms with Crippen molar-refractivity contribution in [3.63, 3.8) is 0 Å². The van der Waals surface area contributed by atoms with Gasteiger partial charge in [0.1, 0.15) is 12.4 Å². The minimum absolute atomic E-state index is 0.0685. The Morgan fingerprint density at radius 2 is 1.56 bits per heavy atom. The third kappa shape index (κ3) is 2.46. The molecule has 0 aliphatic carbocycles. The SMILES string of the molecule is OCC(F)(F)c1cc(F)ccc1C(F)(F)F. The lowest BCUT2D eigenvalue weighted by atomic mass is 10.0. The van der Waals surface area contributed by atoms with Gasteiger partial charge in [0, 0.05) is 5.56 Å². The van der Waals surface area contributed by atoms with Crippen molar-refractivity contribution in [2.24, 2.45) is 0 Å². The average Bonchev–Trinajstić information content (AvgIpc) is 2.15. The van der Waals surface area contributed by atoms with Crippen LogP contribution in [0.15, 0.2) is 18.2 Å². The smallest absolute Gasteiger partial charge is 0.390 e. The Morgan fingerprint density at radius 1 is 1.00 bits per heavy atom. The van der Waals surface area contributed by atoms with Gasteiger partial charge in [-0.3, -0.25) is 0 Å². The van der Waals surface area contributed by atoms with Crippen molar-refractivity contribution < 1.29 is 31.4 Å². The van der Waals surface area contributed by atoms with Crippen molar-refractivity contribution in [2.75, 3.05) is 6.61 Å². The molecule has 0 radical (unpaired) electrons. The molecule has 0 atom stereocenters. The second-order valence-electron chi connectivity index (χ2n) is 3.05. The fourth-order valence-electron chi connectivity index (χ4n) is 1.15. The van der Waals surface area contributed by atoms with Crippen molar-refractivity contribution in [1.82, 2.24) is 0 Å². The molecule has 0 fully saturated rings. The molecule has 1 aromatic rings. The first-order valence-corrected chi connectivity index (χ1v) is 4.04. The van der Waals surface area contributed by atoms with Crippen LogP contribution in [-0.2, 0) is 12.1 Å². The van der Waals surface area contributed by atoms with Gasteiger partial charge in [-0.1, -0.05) is 0 Å². The van der Waals surface area contributed by atoms with Gasteiger partial charge in [0.05, 0.1) is 5.56 Å². The van der Waals surface area contributed by atoms with E-state index in [4.69, 9.17) is 5.11 Å². The maximum Gasteiger partial charge on any atom is 0.416 e. The first-order valence-electron chi connectivity index (χ1n) is 4.04. The predicted molar refractivity (Wildman–Crippen MR) is 42.4 cm³/mol. The van der Waals surface area contributed by atoms with Gasteiger partial charge in [0.15, 0.2) is 0 Å². The van der Waals surface area contributed by atoms with Gasteiger partial charge < -0.3 is 5.11 Å². The molecule has 1 rings (SSSR count). The number of hydrogen-bond acceptors (Lipinski definition) is 1. The highest BCUT2D eigenvalue weighted by atomic mass is 19.4. The summed E-state index contributed by atoms with van der Waals surface area (Å²) in [5.41, 5.74) is -3.23. The average molecular weight is 244 g/mol. The monoisotopic (exact) mass is 244 g/mol. The molecule has 0 bridgehead atoms. The predicted octanol–water partition coefficient (Wildman–Crippen LogP) is 2.93. The number of aliphatic hydroxyl groups excluding tert-OH is 1. The molecule has 1 aromatic carbocycles. The van der Waals surface area contributed by atoms with Crippen LogP contribution in [0.5, 0.6) is 0 Å². The molecule has 0 heterocycles. The van der Waals surface area contributed by atoms with E-state index in [9.17, 15) is 26.3 Å². The lowest BCUT2D eigenvalue weighted by molar-refractivity contribution is -0.143. The number of aliphatic hydroxyl groups is 1. The molecule has 0 saturated carbocycles. The number of rotatable bonds is 2. The van der Waals surface area contributed by atoms with Gasteiger partial charge in [0.2, 0.25) is 0 Å². The first kappa shape index (κ1) is 12.8. The molecule has 0 aliphatic heterocycles. The molecule has 90 valence electrons. The lowest BCUT2D eigenvalue weighted by Gasteiger charge is -2.19. The standard InChI is InChI=1S/C9H6F6O/c10-5-1-2-6(9(13,14)15)7(3-5)8(11,12)4-16/h1-3,16H,4H2. The van der Waals surface area contributed by atoms with Crippen LogP contribution in [-0.4, -0.2) is 11.7 Å². The summed E-state index contributed by atoms with van der Waals surface area (Å²) >= 11 is 0. The number of alkyl halides is 5. The maximum absolute atomic E-state index is 12.9. The minimum atomic E-state index is -5.03. The van der Waals surface area contributed by atoms with Gasteiger partial charge in [-0.2, -0.15) is 22.0 Å². The molecular formula is C9H6F6O. The van der Waals surface area contributed by atoms with E-state index in [0.29, 0.717) is 6.07 Å². The van der Waals surface area contributed by atoms with Crippen LogP contribution < -0.4 is 0 Å². The second kappa shape index (κ2) is 3.97. The number of halogens is 6. The molecule has 16 heavy (non-hydrogen) atoms. The quantitative estimate of drug-likeness (QED) is 0.793. The zero-order chi connectivity index (χ0) is 12.6. The molecule has 0 unspecified atom stereocenters. The topological polar surface area (TPSA) is 20.2 Å². The molecule has 0 spiro atoms. The molecule has 0 aliphatic rings. The normalized spacial score (nSPS) is 12.9. The van der Waals surface area contributed by atoms with Crippen LogP contribution in [0.4, 0.5) is 26.3 Å². The van der Waals surface area contributed by atoms with Crippen LogP contribution >= 0.6 is 0 Å². The molecule has 0 aromatic heterocycles. The molecule has 0 amide bonds. The van der Waals surface area contributed by atoms with Gasteiger partial charge in [-0.25, -0.2) is 4.39 Å². The summed E-state index contributed by atoms with van der Waals surface area (Å²) in [6, 6.07) is 0.715. The van der Waals surface area contributed by atoms with E-state index in [1.807, 2.05) is 0 Å². The van der Waals surface area contributed by atoms with E-state index < -0.39 is 35.6 Å². The fraction of sp³-hybridized carbons (Fsp3) is 0.333. The van der Waals surface area contributed by atoms with Crippen molar-refractivity contribution in [3.8, 4) is 0 Å². The Morgan fingerprint density at radius 3 is 2.00 bits per heavy atom. The van der Waals surface area contributed by atoms with E-state index in [1.54, 1.807) is 0 Å². The fourth-order valence-corrected chi connectivity index (χ4v) is 1.15. The Bertz CT molecular complexity index is 384. The summed E-state index contributed by atoms with van der Waals surface area (Å²) in [5.74, 6) is -5.36. The summed E-state index contributed by atoms with van der Waals surface area (Å²) < 4.78 is 75.4. The minimum Gasteiger partial charge on any atom is -0.390 e. The van der Waals surface area contributed by atoms with Crippen LogP contribution in [0, 0.1) is 5.82 Å². The molecule has 1 nitrogen and oxygen atoms in total. The highest BCUT2D eigenvalue weighted by Crippen LogP contribution is 2.39. The Balaban J connectivity index is 3.41. The number of benzene rings is 1. The van der Waals surface area contributed by atoms with Crippen molar-refractivity contribution in [1.29, 1.82) is 0 Å². The van der Waals surface area contributed by atoms with Crippen LogP contribution in [0.3, 0.4) is 0 Å². The van der Waals surface area contributed by atoms with E-state index in [0.717, 1.165) is 0 Å². The molecular weight excluding hydrogens is 238 g/mol. The summed E-state index contributed by atoms with van der Waals surface area (Å²) in [6.45, 7) is -1.82. The third-order valence-electron chi connectivity index (χ3n) is 1.88. The largest absolute Gasteiger partial charge is 0.416 e. The van der Waals surface area contributed by atoms with Crippen LogP contribution in [0.2, 0.25) is 0 Å². The van der Waals surface area contributed by atoms with Crippen LogP contribution in [0.25, 0.3) is 0 Å². The molecule has 0 saturated heterocycles. The summed E-state index contributed by atoms with van der Waals surface area (Å²) in [4.78, 5) is 0. The highest BCUT2D eigenvalue weighted by Gasteiger charge is 2.42. The van der Waals surface area contributed by atoms with E-state index >= 15 is 0 Å². The maximum atomic E-state index is 12.9. The zero-order valence-corrected chi connectivity index (χ0v) is 7.65. The summed E-state index contributed by atoms with van der Waals surface area (Å²) in [6.07, 6.45) is -5.03. The van der Waals surface area contributed by atoms with Crippen molar-refractivity contribution in [3.05, 3.63) is 35.1 Å². The Hall–Kier alpha value is -1.24. The first-order chi connectivity index (χ1) is 7.18. The summed E-state index contributed by atoms with van der Waals surface area (Å²) in [7, 11) is 0. The van der Waals surface area contributed by atoms with Gasteiger partial charge in [-0.15, -0.1) is 0 Å². The van der Waals surface area contributed by atoms with Crippen molar-refractivity contribution >= 4 is 0 Å². The van der Waals surface area contributed by atoms with E-state index in [1.165, 1.54) is 0 Å². The zero-order valence-electron chi connectivity index (χ0n) is 7.65. The molecule has 7 heteroatoms. The van der Waals surface area contributed by atoms with E-state index in [2.05, 4.69) is 0 Å². The highest BCUT2D eigenvalue weighted by molar-refractivity contribution is 5.34. The Labute approximate surface area is 86.3 Å². The molecule has 1 N–H and O–H groups in total.